The lowest BCUT2D eigenvalue weighted by Gasteiger charge is -2.30. The van der Waals surface area contributed by atoms with Gasteiger partial charge in [0.1, 0.15) is 22.8 Å². The SMILES string of the molecule is CC[C@H]1CN(C)Cc2cc(Oc3ccnc4[nH]c(C(=O)N(C)CCCO)cc34)cnc21. The molecule has 4 heterocycles. The summed E-state index contributed by atoms with van der Waals surface area (Å²) in [7, 11) is 3.84. The molecule has 8 nitrogen and oxygen atoms in total. The fraction of sp³-hybridized carbons (Fsp3) is 0.435. The van der Waals surface area contributed by atoms with Crippen LogP contribution in [0.25, 0.3) is 11.0 Å². The standard InChI is InChI=1S/C23H29N5O3/c1-4-15-13-27(2)14-16-10-17(12-25-21(15)16)31-20-6-7-24-22-18(20)11-19(26-22)23(30)28(3)8-5-9-29/h6-7,10-12,15,29H,4-5,8-9,13-14H2,1-3H3,(H,24,26)/t15-/m0/s1. The molecule has 8 heteroatoms. The molecule has 0 aliphatic carbocycles. The van der Waals surface area contributed by atoms with Gasteiger partial charge >= 0.3 is 0 Å². The van der Waals surface area contributed by atoms with E-state index in [0.29, 0.717) is 41.7 Å². The van der Waals surface area contributed by atoms with E-state index in [-0.39, 0.29) is 12.5 Å². The minimum Gasteiger partial charge on any atom is -0.455 e. The summed E-state index contributed by atoms with van der Waals surface area (Å²) in [5.74, 6) is 1.58. The Labute approximate surface area is 181 Å². The first-order chi connectivity index (χ1) is 15.0. The number of aromatic nitrogens is 3. The second-order valence-electron chi connectivity index (χ2n) is 8.18. The van der Waals surface area contributed by atoms with Crippen molar-refractivity contribution >= 4 is 16.9 Å². The Morgan fingerprint density at radius 2 is 2.23 bits per heavy atom. The van der Waals surface area contributed by atoms with Crippen LogP contribution in [0.4, 0.5) is 0 Å². The molecule has 0 fully saturated rings. The third kappa shape index (κ3) is 4.40. The molecule has 1 amide bonds. The maximum absolute atomic E-state index is 12.7. The number of carbonyl (C=O) groups is 1. The van der Waals surface area contributed by atoms with Crippen molar-refractivity contribution in [1.29, 1.82) is 0 Å². The van der Waals surface area contributed by atoms with E-state index in [4.69, 9.17) is 14.8 Å². The topological polar surface area (TPSA) is 94.6 Å². The first kappa shape index (κ1) is 21.3. The van der Waals surface area contributed by atoms with Crippen LogP contribution in [0.15, 0.2) is 30.6 Å². The molecule has 1 aliphatic rings. The van der Waals surface area contributed by atoms with E-state index < -0.39 is 0 Å². The minimum atomic E-state index is -0.151. The molecule has 3 aromatic rings. The van der Waals surface area contributed by atoms with E-state index in [2.05, 4.69) is 34.9 Å². The number of aliphatic hydroxyl groups excluding tert-OH is 1. The van der Waals surface area contributed by atoms with Crippen LogP contribution in [0.3, 0.4) is 0 Å². The van der Waals surface area contributed by atoms with Crippen molar-refractivity contribution in [2.24, 2.45) is 0 Å². The fourth-order valence-corrected chi connectivity index (χ4v) is 4.14. The first-order valence-corrected chi connectivity index (χ1v) is 10.7. The summed E-state index contributed by atoms with van der Waals surface area (Å²) in [5.41, 5.74) is 3.38. The number of hydrogen-bond acceptors (Lipinski definition) is 6. The lowest BCUT2D eigenvalue weighted by molar-refractivity contribution is 0.0781. The number of aromatic amines is 1. The van der Waals surface area contributed by atoms with E-state index in [1.807, 2.05) is 0 Å². The quantitative estimate of drug-likeness (QED) is 0.606. The lowest BCUT2D eigenvalue weighted by Crippen LogP contribution is -2.30. The van der Waals surface area contributed by atoms with Gasteiger partial charge in [0, 0.05) is 51.1 Å². The number of fused-ring (bicyclic) bond motifs is 2. The number of rotatable bonds is 7. The molecule has 0 saturated heterocycles. The molecule has 2 N–H and O–H groups in total. The summed E-state index contributed by atoms with van der Waals surface area (Å²) in [5, 5.41) is 9.73. The van der Waals surface area contributed by atoms with E-state index in [1.54, 1.807) is 36.5 Å². The first-order valence-electron chi connectivity index (χ1n) is 10.7. The number of nitrogens with zero attached hydrogens (tertiary/aromatic N) is 4. The van der Waals surface area contributed by atoms with Crippen LogP contribution < -0.4 is 4.74 Å². The van der Waals surface area contributed by atoms with Crippen LogP contribution in [0.1, 0.15) is 47.4 Å². The summed E-state index contributed by atoms with van der Waals surface area (Å²) < 4.78 is 6.18. The number of likely N-dealkylation sites (N-methyl/N-ethyl adjacent to an activating group) is 1. The van der Waals surface area contributed by atoms with Gasteiger partial charge in [0.25, 0.3) is 5.91 Å². The van der Waals surface area contributed by atoms with Crippen LogP contribution in [0, 0.1) is 0 Å². The predicted octanol–water partition coefficient (Wildman–Crippen LogP) is 3.14. The van der Waals surface area contributed by atoms with Gasteiger partial charge in [-0.2, -0.15) is 0 Å². The molecule has 164 valence electrons. The molecule has 31 heavy (non-hydrogen) atoms. The Morgan fingerprint density at radius 3 is 3.00 bits per heavy atom. The van der Waals surface area contributed by atoms with Gasteiger partial charge in [-0.25, -0.2) is 4.98 Å². The number of nitrogens with one attached hydrogen (secondary N) is 1. The average Bonchev–Trinajstić information content (AvgIpc) is 3.21. The molecular weight excluding hydrogens is 394 g/mol. The van der Waals surface area contributed by atoms with Gasteiger partial charge in [-0.05, 0) is 43.7 Å². The second-order valence-corrected chi connectivity index (χ2v) is 8.18. The molecule has 0 bridgehead atoms. The molecule has 0 spiro atoms. The smallest absolute Gasteiger partial charge is 0.270 e. The average molecular weight is 424 g/mol. The zero-order chi connectivity index (χ0) is 22.0. The molecule has 0 aromatic carbocycles. The number of H-pyrrole nitrogens is 1. The van der Waals surface area contributed by atoms with Crippen molar-refractivity contribution in [2.45, 2.75) is 32.2 Å². The van der Waals surface area contributed by atoms with E-state index in [0.717, 1.165) is 30.6 Å². The minimum absolute atomic E-state index is 0.0491. The van der Waals surface area contributed by atoms with Gasteiger partial charge in [-0.1, -0.05) is 6.92 Å². The highest BCUT2D eigenvalue weighted by atomic mass is 16.5. The molecular formula is C23H29N5O3. The van der Waals surface area contributed by atoms with Crippen molar-refractivity contribution in [3.8, 4) is 11.5 Å². The lowest BCUT2D eigenvalue weighted by atomic mass is 9.93. The molecule has 0 radical (unpaired) electrons. The van der Waals surface area contributed by atoms with Crippen molar-refractivity contribution in [1.82, 2.24) is 24.8 Å². The summed E-state index contributed by atoms with van der Waals surface area (Å²) in [4.78, 5) is 28.7. The summed E-state index contributed by atoms with van der Waals surface area (Å²) in [6.45, 7) is 4.60. The van der Waals surface area contributed by atoms with Crippen LogP contribution in [-0.4, -0.2) is 69.6 Å². The predicted molar refractivity (Wildman–Crippen MR) is 118 cm³/mol. The highest BCUT2D eigenvalue weighted by molar-refractivity contribution is 5.98. The second kappa shape index (κ2) is 9.03. The molecule has 4 rings (SSSR count). The fourth-order valence-electron chi connectivity index (χ4n) is 4.14. The highest BCUT2D eigenvalue weighted by Gasteiger charge is 2.24. The zero-order valence-electron chi connectivity index (χ0n) is 18.3. The Morgan fingerprint density at radius 1 is 1.39 bits per heavy atom. The summed E-state index contributed by atoms with van der Waals surface area (Å²) in [6.07, 6.45) is 5.03. The van der Waals surface area contributed by atoms with Crippen LogP contribution in [0.2, 0.25) is 0 Å². The monoisotopic (exact) mass is 423 g/mol. The van der Waals surface area contributed by atoms with Gasteiger partial charge in [-0.15, -0.1) is 0 Å². The van der Waals surface area contributed by atoms with Gasteiger partial charge in [-0.3, -0.25) is 9.78 Å². The molecule has 3 aromatic heterocycles. The number of hydrogen-bond donors (Lipinski definition) is 2. The Kier molecular flexibility index (Phi) is 6.20. The van der Waals surface area contributed by atoms with Gasteiger partial charge in [0.05, 0.1) is 11.6 Å². The zero-order valence-corrected chi connectivity index (χ0v) is 18.3. The van der Waals surface area contributed by atoms with E-state index in [9.17, 15) is 4.79 Å². The van der Waals surface area contributed by atoms with Crippen LogP contribution in [-0.2, 0) is 6.54 Å². The molecule has 0 saturated carbocycles. The molecule has 1 aliphatic heterocycles. The highest BCUT2D eigenvalue weighted by Crippen LogP contribution is 2.34. The van der Waals surface area contributed by atoms with Crippen LogP contribution >= 0.6 is 0 Å². The van der Waals surface area contributed by atoms with E-state index in [1.165, 1.54) is 5.56 Å². The number of aliphatic hydroxyl groups is 1. The van der Waals surface area contributed by atoms with E-state index >= 15 is 0 Å². The maximum atomic E-state index is 12.7. The number of carbonyl (C=O) groups excluding carboxylic acids is 1. The summed E-state index contributed by atoms with van der Waals surface area (Å²) >= 11 is 0. The van der Waals surface area contributed by atoms with Gasteiger partial charge in [0.2, 0.25) is 0 Å². The molecule has 0 unspecified atom stereocenters. The number of pyridine rings is 2. The molecule has 1 atom stereocenters. The summed E-state index contributed by atoms with van der Waals surface area (Å²) in [6, 6.07) is 5.62. The third-order valence-corrected chi connectivity index (χ3v) is 5.78. The van der Waals surface area contributed by atoms with Crippen LogP contribution in [0.5, 0.6) is 11.5 Å². The third-order valence-electron chi connectivity index (χ3n) is 5.78. The Hall–Kier alpha value is -2.97. The number of amides is 1. The maximum Gasteiger partial charge on any atom is 0.270 e. The number of ether oxygens (including phenoxy) is 1. The van der Waals surface area contributed by atoms with Crippen molar-refractivity contribution in [3.05, 3.63) is 47.5 Å². The Balaban J connectivity index is 1.60. The van der Waals surface area contributed by atoms with Gasteiger partial charge < -0.3 is 24.6 Å². The Bertz CT molecular complexity index is 1080. The van der Waals surface area contributed by atoms with Crippen molar-refractivity contribution in [2.75, 3.05) is 33.8 Å². The van der Waals surface area contributed by atoms with Crippen molar-refractivity contribution < 1.29 is 14.6 Å². The van der Waals surface area contributed by atoms with Gasteiger partial charge in [0.15, 0.2) is 0 Å². The largest absolute Gasteiger partial charge is 0.455 e. The normalized spacial score (nSPS) is 16.3. The van der Waals surface area contributed by atoms with Crippen molar-refractivity contribution in [3.63, 3.8) is 0 Å².